The highest BCUT2D eigenvalue weighted by molar-refractivity contribution is 6.39. The summed E-state index contributed by atoms with van der Waals surface area (Å²) in [4.78, 5) is 11.5. The molecular formula is C55H34N4. The van der Waals surface area contributed by atoms with Gasteiger partial charge in [-0.25, -0.2) is 9.97 Å². The lowest BCUT2D eigenvalue weighted by Gasteiger charge is -2.24. The smallest absolute Gasteiger partial charge is 0.235 e. The van der Waals surface area contributed by atoms with Crippen LogP contribution in [0.3, 0.4) is 0 Å². The Morgan fingerprint density at radius 3 is 1.83 bits per heavy atom. The predicted molar refractivity (Wildman–Crippen MR) is 247 cm³/mol. The summed E-state index contributed by atoms with van der Waals surface area (Å²) in [6.07, 6.45) is 0. The lowest BCUT2D eigenvalue weighted by molar-refractivity contribution is 0.657. The first kappa shape index (κ1) is 31.5. The molecule has 13 aromatic rings. The zero-order valence-corrected chi connectivity index (χ0v) is 32.5. The minimum atomic E-state index is -0.304. The van der Waals surface area contributed by atoms with Gasteiger partial charge >= 0.3 is 0 Å². The van der Waals surface area contributed by atoms with Gasteiger partial charge in [-0.2, -0.15) is 0 Å². The summed E-state index contributed by atoms with van der Waals surface area (Å²) in [5.41, 5.74) is 12.4. The molecule has 0 aliphatic heterocycles. The molecule has 0 spiro atoms. The van der Waals surface area contributed by atoms with E-state index in [1.54, 1.807) is 0 Å². The van der Waals surface area contributed by atoms with Crippen LogP contribution in [-0.4, -0.2) is 18.9 Å². The highest BCUT2D eigenvalue weighted by Crippen LogP contribution is 2.53. The van der Waals surface area contributed by atoms with Crippen LogP contribution in [-0.2, 0) is 5.41 Å². The first-order valence-electron chi connectivity index (χ1n) is 20.5. The van der Waals surface area contributed by atoms with Gasteiger partial charge in [0.15, 0.2) is 0 Å². The molecule has 4 heterocycles. The quantitative estimate of drug-likeness (QED) is 0.176. The molecule has 0 amide bonds. The van der Waals surface area contributed by atoms with Gasteiger partial charge < -0.3 is 4.40 Å². The monoisotopic (exact) mass is 750 g/mol. The van der Waals surface area contributed by atoms with Crippen LogP contribution in [0.5, 0.6) is 0 Å². The first-order valence-corrected chi connectivity index (χ1v) is 20.5. The Morgan fingerprint density at radius 1 is 0.407 bits per heavy atom. The van der Waals surface area contributed by atoms with Crippen LogP contribution < -0.4 is 0 Å². The van der Waals surface area contributed by atoms with E-state index in [4.69, 9.17) is 9.97 Å². The van der Waals surface area contributed by atoms with Gasteiger partial charge in [0.1, 0.15) is 0 Å². The first-order chi connectivity index (χ1) is 29.1. The van der Waals surface area contributed by atoms with Crippen molar-refractivity contribution < 1.29 is 0 Å². The van der Waals surface area contributed by atoms with Gasteiger partial charge in [-0.05, 0) is 50.7 Å². The fourth-order valence-corrected chi connectivity index (χ4v) is 11.1. The summed E-state index contributed by atoms with van der Waals surface area (Å²) in [7, 11) is 0. The fourth-order valence-electron chi connectivity index (χ4n) is 11.1. The molecule has 0 saturated carbocycles. The van der Waals surface area contributed by atoms with Crippen molar-refractivity contribution >= 4 is 92.2 Å². The highest BCUT2D eigenvalue weighted by Gasteiger charge is 2.40. The van der Waals surface area contributed by atoms with Gasteiger partial charge in [0, 0.05) is 59.8 Å². The summed E-state index contributed by atoms with van der Waals surface area (Å²) < 4.78 is 4.94. The van der Waals surface area contributed by atoms with E-state index in [1.807, 2.05) is 0 Å². The van der Waals surface area contributed by atoms with Crippen molar-refractivity contribution in [2.24, 2.45) is 0 Å². The van der Waals surface area contributed by atoms with Crippen LogP contribution in [0.25, 0.3) is 121 Å². The predicted octanol–water partition coefficient (Wildman–Crippen LogP) is 14.2. The van der Waals surface area contributed by atoms with Crippen molar-refractivity contribution in [3.8, 4) is 28.5 Å². The summed E-state index contributed by atoms with van der Waals surface area (Å²) in [6.45, 7) is 4.66. The molecule has 59 heavy (non-hydrogen) atoms. The number of aromatic nitrogens is 4. The van der Waals surface area contributed by atoms with Gasteiger partial charge in [0.05, 0.1) is 39.0 Å². The number of para-hydroxylation sites is 2. The third kappa shape index (κ3) is 3.85. The summed E-state index contributed by atoms with van der Waals surface area (Å²) >= 11 is 0. The molecule has 9 aromatic carbocycles. The summed E-state index contributed by atoms with van der Waals surface area (Å²) in [5.74, 6) is 0.680. The molecule has 1 aliphatic carbocycles. The van der Waals surface area contributed by atoms with Crippen molar-refractivity contribution in [2.75, 3.05) is 0 Å². The molecule has 0 fully saturated rings. The highest BCUT2D eigenvalue weighted by atomic mass is 15.2. The molecular weight excluding hydrogens is 717 g/mol. The number of nitrogens with zero attached hydrogens (tertiary/aromatic N) is 4. The Balaban J connectivity index is 1.22. The Labute approximate surface area is 338 Å². The molecule has 0 saturated heterocycles. The van der Waals surface area contributed by atoms with Crippen LogP contribution in [0.1, 0.15) is 25.0 Å². The van der Waals surface area contributed by atoms with Crippen LogP contribution in [0, 0.1) is 0 Å². The van der Waals surface area contributed by atoms with Gasteiger partial charge in [0.2, 0.25) is 5.95 Å². The van der Waals surface area contributed by atoms with Crippen molar-refractivity contribution in [2.45, 2.75) is 19.3 Å². The normalized spacial score (nSPS) is 13.7. The third-order valence-corrected chi connectivity index (χ3v) is 13.6. The minimum absolute atomic E-state index is 0.304. The SMILES string of the molecule is CC1(C)c2ccccc2-c2nc(-n3c4ccccc4c4c3c3ccccc3c3c5cccc6c7cc8ccccc8cc7n(c65)c34)nc(-c3cccc4ccccc34)c21. The standard InChI is InChI=1S/C55H34N4/c1-55(2)43-27-11-9-22-39(43)50-48(55)49(36-24-13-18-31-15-5-6-19-34(31)36)56-54(57-50)59-44-28-12-10-23-40(44)47-52(59)37-21-8-7-20-35(37)46-41-26-14-25-38-42-29-32-16-3-4-17-33(32)30-45(42)58(51(38)41)53(46)47/h3-30H,1-2H3. The Morgan fingerprint density at radius 2 is 0.983 bits per heavy atom. The van der Waals surface area contributed by atoms with Crippen LogP contribution in [0.4, 0.5) is 0 Å². The zero-order chi connectivity index (χ0) is 38.7. The Hall–Kier alpha value is -7.56. The van der Waals surface area contributed by atoms with Gasteiger partial charge in [-0.15, -0.1) is 0 Å². The topological polar surface area (TPSA) is 35.1 Å². The average Bonchev–Trinajstić information content (AvgIpc) is 3.98. The van der Waals surface area contributed by atoms with Gasteiger partial charge in [-0.1, -0.05) is 166 Å². The van der Waals surface area contributed by atoms with E-state index in [0.29, 0.717) is 5.95 Å². The lowest BCUT2D eigenvalue weighted by atomic mass is 9.80. The van der Waals surface area contributed by atoms with Crippen molar-refractivity contribution in [1.82, 2.24) is 18.9 Å². The number of hydrogen-bond acceptors (Lipinski definition) is 2. The Bertz CT molecular complexity index is 3990. The third-order valence-electron chi connectivity index (χ3n) is 13.6. The van der Waals surface area contributed by atoms with E-state index < -0.39 is 0 Å². The molecule has 0 N–H and O–H groups in total. The minimum Gasteiger partial charge on any atom is -0.307 e. The van der Waals surface area contributed by atoms with Crippen molar-refractivity contribution in [3.05, 3.63) is 181 Å². The molecule has 0 atom stereocenters. The number of benzene rings is 9. The van der Waals surface area contributed by atoms with Gasteiger partial charge in [-0.3, -0.25) is 4.57 Å². The van der Waals surface area contributed by atoms with E-state index in [2.05, 4.69) is 193 Å². The molecule has 4 heteroatoms. The maximum atomic E-state index is 5.78. The van der Waals surface area contributed by atoms with Crippen LogP contribution in [0.15, 0.2) is 170 Å². The molecule has 4 nitrogen and oxygen atoms in total. The van der Waals surface area contributed by atoms with E-state index in [0.717, 1.165) is 28.0 Å². The van der Waals surface area contributed by atoms with E-state index in [1.165, 1.54) is 97.9 Å². The van der Waals surface area contributed by atoms with Gasteiger partial charge in [0.25, 0.3) is 0 Å². The Kier molecular flexibility index (Phi) is 5.81. The van der Waals surface area contributed by atoms with Crippen LogP contribution in [0.2, 0.25) is 0 Å². The summed E-state index contributed by atoms with van der Waals surface area (Å²) in [5, 5.41) is 14.8. The molecule has 0 bridgehead atoms. The molecule has 1 aliphatic rings. The molecule has 4 aromatic heterocycles. The number of hydrogen-bond donors (Lipinski definition) is 0. The second kappa shape index (κ2) is 10.9. The maximum Gasteiger partial charge on any atom is 0.235 e. The number of rotatable bonds is 2. The van der Waals surface area contributed by atoms with E-state index >= 15 is 0 Å². The van der Waals surface area contributed by atoms with E-state index in [9.17, 15) is 0 Å². The molecule has 0 unspecified atom stereocenters. The van der Waals surface area contributed by atoms with Crippen molar-refractivity contribution in [1.29, 1.82) is 0 Å². The largest absolute Gasteiger partial charge is 0.307 e. The summed E-state index contributed by atoms with van der Waals surface area (Å²) in [6, 6.07) is 62.3. The molecule has 0 radical (unpaired) electrons. The van der Waals surface area contributed by atoms with Crippen LogP contribution >= 0.6 is 0 Å². The maximum absolute atomic E-state index is 5.78. The van der Waals surface area contributed by atoms with Crippen molar-refractivity contribution in [3.63, 3.8) is 0 Å². The lowest BCUT2D eigenvalue weighted by Crippen LogP contribution is -2.18. The molecule has 14 rings (SSSR count). The average molecular weight is 751 g/mol. The fraction of sp³-hybridized carbons (Fsp3) is 0.0545. The van der Waals surface area contributed by atoms with E-state index in [-0.39, 0.29) is 5.41 Å². The molecule has 274 valence electrons. The zero-order valence-electron chi connectivity index (χ0n) is 32.5. The second-order valence-corrected chi connectivity index (χ2v) is 16.9. The number of fused-ring (bicyclic) bond motifs is 18. The second-order valence-electron chi connectivity index (χ2n) is 16.9.